The summed E-state index contributed by atoms with van der Waals surface area (Å²) in [4.78, 5) is 0. The van der Waals surface area contributed by atoms with Gasteiger partial charge in [0, 0.05) is 17.8 Å². The van der Waals surface area contributed by atoms with E-state index < -0.39 is 0 Å². The van der Waals surface area contributed by atoms with Gasteiger partial charge >= 0.3 is 0 Å². The van der Waals surface area contributed by atoms with Gasteiger partial charge in [-0.2, -0.15) is 0 Å². The SMILES string of the molecule is Cc1cc(Cl)ccc1OCc1nnc(SCc2ccc(Cl)c(Cl)c2)n1C. The summed E-state index contributed by atoms with van der Waals surface area (Å²) >= 11 is 19.5. The second-order valence-electron chi connectivity index (χ2n) is 5.69. The Hall–Kier alpha value is -1.40. The summed E-state index contributed by atoms with van der Waals surface area (Å²) < 4.78 is 7.76. The molecule has 2 aromatic carbocycles. The predicted octanol–water partition coefficient (Wildman–Crippen LogP) is 5.96. The van der Waals surface area contributed by atoms with E-state index >= 15 is 0 Å². The van der Waals surface area contributed by atoms with E-state index in [-0.39, 0.29) is 0 Å². The van der Waals surface area contributed by atoms with Crippen LogP contribution in [0.5, 0.6) is 5.75 Å². The Balaban J connectivity index is 1.63. The number of aromatic nitrogens is 3. The van der Waals surface area contributed by atoms with Gasteiger partial charge in [0.15, 0.2) is 11.0 Å². The monoisotopic (exact) mass is 427 g/mol. The maximum Gasteiger partial charge on any atom is 0.191 e. The molecule has 0 amide bonds. The van der Waals surface area contributed by atoms with Crippen molar-refractivity contribution in [3.8, 4) is 5.75 Å². The largest absolute Gasteiger partial charge is 0.485 e. The van der Waals surface area contributed by atoms with E-state index in [2.05, 4.69) is 10.2 Å². The van der Waals surface area contributed by atoms with Crippen molar-refractivity contribution in [1.29, 1.82) is 0 Å². The van der Waals surface area contributed by atoms with E-state index in [9.17, 15) is 0 Å². The van der Waals surface area contributed by atoms with Crippen LogP contribution in [0.3, 0.4) is 0 Å². The lowest BCUT2D eigenvalue weighted by atomic mass is 10.2. The molecule has 8 heteroatoms. The minimum atomic E-state index is 0.333. The smallest absolute Gasteiger partial charge is 0.191 e. The fraction of sp³-hybridized carbons (Fsp3) is 0.222. The lowest BCUT2D eigenvalue weighted by molar-refractivity contribution is 0.288. The van der Waals surface area contributed by atoms with Gasteiger partial charge in [0.2, 0.25) is 0 Å². The van der Waals surface area contributed by atoms with Crippen LogP contribution in [0.1, 0.15) is 17.0 Å². The number of rotatable bonds is 6. The van der Waals surface area contributed by atoms with Crippen molar-refractivity contribution < 1.29 is 4.74 Å². The average molecular weight is 429 g/mol. The van der Waals surface area contributed by atoms with Crippen LogP contribution in [0.4, 0.5) is 0 Å². The molecule has 0 radical (unpaired) electrons. The fourth-order valence-corrected chi connectivity index (χ4v) is 3.71. The Bertz CT molecular complexity index is 930. The molecule has 0 saturated heterocycles. The molecule has 0 aliphatic carbocycles. The molecule has 0 unspecified atom stereocenters. The van der Waals surface area contributed by atoms with Crippen LogP contribution >= 0.6 is 46.6 Å². The second-order valence-corrected chi connectivity index (χ2v) is 7.89. The van der Waals surface area contributed by atoms with Crippen molar-refractivity contribution >= 4 is 46.6 Å². The molecule has 1 heterocycles. The van der Waals surface area contributed by atoms with Crippen LogP contribution < -0.4 is 4.74 Å². The van der Waals surface area contributed by atoms with Crippen LogP contribution in [0, 0.1) is 6.92 Å². The molecule has 0 spiro atoms. The Labute approximate surface area is 171 Å². The molecule has 0 aliphatic rings. The summed E-state index contributed by atoms with van der Waals surface area (Å²) in [6.45, 7) is 2.29. The highest BCUT2D eigenvalue weighted by Gasteiger charge is 2.11. The highest BCUT2D eigenvalue weighted by atomic mass is 35.5. The van der Waals surface area contributed by atoms with Crippen molar-refractivity contribution in [2.75, 3.05) is 0 Å². The first-order valence-electron chi connectivity index (χ1n) is 7.78. The van der Waals surface area contributed by atoms with E-state index in [0.29, 0.717) is 21.7 Å². The Morgan fingerprint density at radius 3 is 2.58 bits per heavy atom. The molecule has 0 fully saturated rings. The standard InChI is InChI=1S/C18H16Cl3N3OS/c1-11-7-13(19)4-6-16(11)25-9-17-22-23-18(24(17)2)26-10-12-3-5-14(20)15(21)8-12/h3-8H,9-10H2,1-2H3. The normalized spacial score (nSPS) is 11.0. The average Bonchev–Trinajstić information content (AvgIpc) is 2.95. The van der Waals surface area contributed by atoms with Gasteiger partial charge in [-0.3, -0.25) is 0 Å². The first kappa shape index (κ1) is 19.4. The van der Waals surface area contributed by atoms with Crippen molar-refractivity contribution in [3.63, 3.8) is 0 Å². The van der Waals surface area contributed by atoms with Gasteiger partial charge in [0.1, 0.15) is 12.4 Å². The van der Waals surface area contributed by atoms with Crippen LogP contribution in [0.25, 0.3) is 0 Å². The molecule has 0 N–H and O–H groups in total. The number of hydrogen-bond donors (Lipinski definition) is 0. The molecule has 1 aromatic heterocycles. The molecule has 3 rings (SSSR count). The first-order valence-corrected chi connectivity index (χ1v) is 9.90. The van der Waals surface area contributed by atoms with Gasteiger partial charge in [0.05, 0.1) is 10.0 Å². The minimum Gasteiger partial charge on any atom is -0.485 e. The summed E-state index contributed by atoms with van der Waals surface area (Å²) in [6, 6.07) is 11.1. The molecule has 0 aliphatic heterocycles. The van der Waals surface area contributed by atoms with Crippen molar-refractivity contribution in [1.82, 2.24) is 14.8 Å². The van der Waals surface area contributed by atoms with E-state index in [1.165, 1.54) is 0 Å². The molecular formula is C18H16Cl3N3OS. The number of nitrogens with zero attached hydrogens (tertiary/aromatic N) is 3. The zero-order chi connectivity index (χ0) is 18.7. The zero-order valence-corrected chi connectivity index (χ0v) is 17.3. The van der Waals surface area contributed by atoms with Gasteiger partial charge in [-0.25, -0.2) is 0 Å². The van der Waals surface area contributed by atoms with E-state index in [1.54, 1.807) is 23.9 Å². The molecule has 3 aromatic rings. The lowest BCUT2D eigenvalue weighted by Crippen LogP contribution is -2.05. The van der Waals surface area contributed by atoms with Crippen molar-refractivity contribution in [2.45, 2.75) is 24.4 Å². The maximum absolute atomic E-state index is 6.05. The summed E-state index contributed by atoms with van der Waals surface area (Å²) in [6.07, 6.45) is 0. The van der Waals surface area contributed by atoms with Gasteiger partial charge in [-0.15, -0.1) is 10.2 Å². The Kier molecular flexibility index (Phi) is 6.35. The highest BCUT2D eigenvalue weighted by molar-refractivity contribution is 7.98. The van der Waals surface area contributed by atoms with E-state index in [4.69, 9.17) is 39.5 Å². The molecule has 26 heavy (non-hydrogen) atoms. The second kappa shape index (κ2) is 8.53. The highest BCUT2D eigenvalue weighted by Crippen LogP contribution is 2.27. The fourth-order valence-electron chi connectivity index (χ4n) is 2.29. The predicted molar refractivity (Wildman–Crippen MR) is 108 cm³/mol. The molecule has 4 nitrogen and oxygen atoms in total. The molecule has 0 saturated carbocycles. The first-order chi connectivity index (χ1) is 12.4. The zero-order valence-electron chi connectivity index (χ0n) is 14.2. The Morgan fingerprint density at radius 2 is 1.85 bits per heavy atom. The topological polar surface area (TPSA) is 39.9 Å². The number of benzene rings is 2. The van der Waals surface area contributed by atoms with Crippen LogP contribution in [0.15, 0.2) is 41.6 Å². The number of ether oxygens (including phenoxy) is 1. The Morgan fingerprint density at radius 1 is 1.04 bits per heavy atom. The third-order valence-electron chi connectivity index (χ3n) is 3.77. The summed E-state index contributed by atoms with van der Waals surface area (Å²) in [7, 11) is 1.92. The quantitative estimate of drug-likeness (QED) is 0.454. The maximum atomic E-state index is 6.05. The van der Waals surface area contributed by atoms with Crippen molar-refractivity contribution in [2.24, 2.45) is 7.05 Å². The summed E-state index contributed by atoms with van der Waals surface area (Å²) in [5, 5.41) is 11.1. The molecular weight excluding hydrogens is 413 g/mol. The number of hydrogen-bond acceptors (Lipinski definition) is 4. The van der Waals surface area contributed by atoms with Crippen LogP contribution in [0.2, 0.25) is 15.1 Å². The minimum absolute atomic E-state index is 0.333. The number of aryl methyl sites for hydroxylation is 1. The lowest BCUT2D eigenvalue weighted by Gasteiger charge is -2.09. The third-order valence-corrected chi connectivity index (χ3v) is 5.84. The van der Waals surface area contributed by atoms with Gasteiger partial charge in [0.25, 0.3) is 0 Å². The van der Waals surface area contributed by atoms with E-state index in [0.717, 1.165) is 33.6 Å². The van der Waals surface area contributed by atoms with Crippen LogP contribution in [-0.2, 0) is 19.4 Å². The van der Waals surface area contributed by atoms with Crippen LogP contribution in [-0.4, -0.2) is 14.8 Å². The molecule has 0 atom stereocenters. The number of halogens is 3. The molecule has 136 valence electrons. The molecule has 0 bridgehead atoms. The summed E-state index contributed by atoms with van der Waals surface area (Å²) in [5.41, 5.74) is 2.05. The third kappa shape index (κ3) is 4.65. The summed E-state index contributed by atoms with van der Waals surface area (Å²) in [5.74, 6) is 2.25. The van der Waals surface area contributed by atoms with Gasteiger partial charge in [-0.05, 0) is 48.4 Å². The number of thioether (sulfide) groups is 1. The van der Waals surface area contributed by atoms with Gasteiger partial charge in [-0.1, -0.05) is 52.6 Å². The van der Waals surface area contributed by atoms with E-state index in [1.807, 2.05) is 42.8 Å². The van der Waals surface area contributed by atoms with Gasteiger partial charge < -0.3 is 9.30 Å². The van der Waals surface area contributed by atoms with Crippen molar-refractivity contribution in [3.05, 3.63) is 68.4 Å².